The van der Waals surface area contributed by atoms with Gasteiger partial charge in [-0.3, -0.25) is 24.3 Å². The van der Waals surface area contributed by atoms with Crippen LogP contribution in [0.5, 0.6) is 0 Å². The first kappa shape index (κ1) is 21.1. The SMILES string of the molecule is CC(Cn1cc([N+](=O)[O-])cn1)C(=O)Nc1nn(Cc2ccc(Cl)cc2Cl)cc1Cl. The van der Waals surface area contributed by atoms with Crippen LogP contribution in [0.25, 0.3) is 0 Å². The zero-order valence-corrected chi connectivity index (χ0v) is 17.3. The van der Waals surface area contributed by atoms with E-state index in [2.05, 4.69) is 15.5 Å². The summed E-state index contributed by atoms with van der Waals surface area (Å²) in [7, 11) is 0. The van der Waals surface area contributed by atoms with Gasteiger partial charge in [0.2, 0.25) is 5.91 Å². The molecule has 12 heteroatoms. The largest absolute Gasteiger partial charge is 0.308 e. The minimum Gasteiger partial charge on any atom is -0.308 e. The molecule has 0 bridgehead atoms. The molecule has 1 unspecified atom stereocenters. The van der Waals surface area contributed by atoms with Crippen LogP contribution in [0, 0.1) is 16.0 Å². The predicted molar refractivity (Wildman–Crippen MR) is 109 cm³/mol. The summed E-state index contributed by atoms with van der Waals surface area (Å²) in [5.74, 6) is -0.665. The van der Waals surface area contributed by atoms with Gasteiger partial charge in [-0.1, -0.05) is 47.8 Å². The maximum absolute atomic E-state index is 12.4. The summed E-state index contributed by atoms with van der Waals surface area (Å²) in [6.07, 6.45) is 3.97. The molecule has 0 radical (unpaired) electrons. The summed E-state index contributed by atoms with van der Waals surface area (Å²) >= 11 is 18.2. The molecular weight excluding hydrogens is 443 g/mol. The third-order valence-corrected chi connectivity index (χ3v) is 4.91. The lowest BCUT2D eigenvalue weighted by molar-refractivity contribution is -0.385. The van der Waals surface area contributed by atoms with Gasteiger partial charge in [0.1, 0.15) is 17.4 Å². The van der Waals surface area contributed by atoms with Crippen molar-refractivity contribution in [3.63, 3.8) is 0 Å². The number of nitro groups is 1. The highest BCUT2D eigenvalue weighted by atomic mass is 35.5. The van der Waals surface area contributed by atoms with Crippen LogP contribution >= 0.6 is 34.8 Å². The number of hydrogen-bond acceptors (Lipinski definition) is 5. The molecule has 1 atom stereocenters. The number of aromatic nitrogens is 4. The van der Waals surface area contributed by atoms with Gasteiger partial charge in [-0.15, -0.1) is 0 Å². The molecule has 152 valence electrons. The fraction of sp³-hybridized carbons (Fsp3) is 0.235. The molecule has 0 saturated carbocycles. The van der Waals surface area contributed by atoms with E-state index in [4.69, 9.17) is 34.8 Å². The fourth-order valence-electron chi connectivity index (χ4n) is 2.54. The van der Waals surface area contributed by atoms with Gasteiger partial charge in [-0.25, -0.2) is 0 Å². The van der Waals surface area contributed by atoms with Gasteiger partial charge < -0.3 is 5.32 Å². The lowest BCUT2D eigenvalue weighted by Gasteiger charge is -2.11. The van der Waals surface area contributed by atoms with Crippen LogP contribution in [-0.4, -0.2) is 30.4 Å². The van der Waals surface area contributed by atoms with E-state index < -0.39 is 10.8 Å². The molecule has 0 saturated heterocycles. The number of hydrogen-bond donors (Lipinski definition) is 1. The standard InChI is InChI=1S/C17H15Cl3N6O3/c1-10(6-24-8-13(5-21-24)26(28)29)17(27)22-16-15(20)9-25(23-16)7-11-2-3-12(18)4-14(11)19/h2-5,8-10H,6-7H2,1H3,(H,22,23,27). The highest BCUT2D eigenvalue weighted by Gasteiger charge is 2.19. The molecule has 0 spiro atoms. The topological polar surface area (TPSA) is 108 Å². The molecule has 0 aliphatic heterocycles. The Labute approximate surface area is 180 Å². The van der Waals surface area contributed by atoms with Crippen molar-refractivity contribution in [3.05, 3.63) is 67.5 Å². The molecule has 1 amide bonds. The summed E-state index contributed by atoms with van der Waals surface area (Å²) in [5.41, 5.74) is 0.655. The average Bonchev–Trinajstić information content (AvgIpc) is 3.24. The van der Waals surface area contributed by atoms with E-state index in [1.165, 1.54) is 10.9 Å². The highest BCUT2D eigenvalue weighted by Crippen LogP contribution is 2.24. The van der Waals surface area contributed by atoms with E-state index in [1.54, 1.807) is 36.0 Å². The molecule has 2 heterocycles. The van der Waals surface area contributed by atoms with Crippen LogP contribution in [-0.2, 0) is 17.9 Å². The van der Waals surface area contributed by atoms with Gasteiger partial charge in [0, 0.05) is 16.2 Å². The highest BCUT2D eigenvalue weighted by molar-refractivity contribution is 6.35. The van der Waals surface area contributed by atoms with Crippen LogP contribution in [0.2, 0.25) is 15.1 Å². The van der Waals surface area contributed by atoms with E-state index in [0.717, 1.165) is 11.8 Å². The van der Waals surface area contributed by atoms with Crippen LogP contribution < -0.4 is 5.32 Å². The molecule has 2 aromatic heterocycles. The van der Waals surface area contributed by atoms with E-state index in [-0.39, 0.29) is 29.0 Å². The van der Waals surface area contributed by atoms with Crippen molar-refractivity contribution in [1.82, 2.24) is 19.6 Å². The zero-order chi connectivity index (χ0) is 21.1. The Morgan fingerprint density at radius 3 is 2.66 bits per heavy atom. The second kappa shape index (κ2) is 8.81. The Kier molecular flexibility index (Phi) is 6.41. The number of halogens is 3. The summed E-state index contributed by atoms with van der Waals surface area (Å²) < 4.78 is 2.89. The fourth-order valence-corrected chi connectivity index (χ4v) is 3.20. The molecule has 0 aliphatic rings. The van der Waals surface area contributed by atoms with Crippen LogP contribution in [0.1, 0.15) is 12.5 Å². The van der Waals surface area contributed by atoms with Crippen molar-refractivity contribution < 1.29 is 9.72 Å². The maximum Gasteiger partial charge on any atom is 0.306 e. The van der Waals surface area contributed by atoms with Crippen LogP contribution in [0.3, 0.4) is 0 Å². The molecule has 3 rings (SSSR count). The number of nitrogens with zero attached hydrogens (tertiary/aromatic N) is 5. The predicted octanol–water partition coefficient (Wildman–Crippen LogP) is 4.27. The van der Waals surface area contributed by atoms with Gasteiger partial charge in [0.25, 0.3) is 0 Å². The Morgan fingerprint density at radius 1 is 1.24 bits per heavy atom. The number of amides is 1. The first-order valence-corrected chi connectivity index (χ1v) is 9.51. The van der Waals surface area contributed by atoms with Gasteiger partial charge in [0.15, 0.2) is 5.82 Å². The van der Waals surface area contributed by atoms with Gasteiger partial charge in [0.05, 0.1) is 23.9 Å². The smallest absolute Gasteiger partial charge is 0.306 e. The van der Waals surface area contributed by atoms with Crippen molar-refractivity contribution in [3.8, 4) is 0 Å². The molecule has 3 aromatic rings. The van der Waals surface area contributed by atoms with Gasteiger partial charge in [-0.2, -0.15) is 10.2 Å². The maximum atomic E-state index is 12.4. The Bertz CT molecular complexity index is 1060. The zero-order valence-electron chi connectivity index (χ0n) is 15.1. The third-order valence-electron chi connectivity index (χ3n) is 4.05. The normalized spacial score (nSPS) is 12.0. The summed E-state index contributed by atoms with van der Waals surface area (Å²) in [6.45, 7) is 2.18. The number of anilines is 1. The number of benzene rings is 1. The lowest BCUT2D eigenvalue weighted by atomic mass is 10.1. The van der Waals surface area contributed by atoms with Crippen molar-refractivity contribution in [2.24, 2.45) is 5.92 Å². The summed E-state index contributed by atoms with van der Waals surface area (Å²) in [4.78, 5) is 22.6. The Balaban J connectivity index is 1.64. The minimum atomic E-state index is -0.548. The summed E-state index contributed by atoms with van der Waals surface area (Å²) in [5, 5.41) is 22.8. The molecule has 0 fully saturated rings. The van der Waals surface area contributed by atoms with Crippen LogP contribution in [0.4, 0.5) is 11.5 Å². The lowest BCUT2D eigenvalue weighted by Crippen LogP contribution is -2.25. The monoisotopic (exact) mass is 456 g/mol. The third kappa shape index (κ3) is 5.26. The number of carbonyl (C=O) groups excluding carboxylic acids is 1. The quantitative estimate of drug-likeness (QED) is 0.421. The van der Waals surface area contributed by atoms with E-state index in [1.807, 2.05) is 0 Å². The number of rotatable bonds is 7. The first-order valence-electron chi connectivity index (χ1n) is 8.37. The second-order valence-corrected chi connectivity index (χ2v) is 7.58. The summed E-state index contributed by atoms with van der Waals surface area (Å²) in [6, 6.07) is 5.13. The molecule has 0 aliphatic carbocycles. The minimum absolute atomic E-state index is 0.139. The van der Waals surface area contributed by atoms with Crippen molar-refractivity contribution in [1.29, 1.82) is 0 Å². The van der Waals surface area contributed by atoms with E-state index in [0.29, 0.717) is 16.6 Å². The second-order valence-electron chi connectivity index (χ2n) is 6.33. The first-order chi connectivity index (χ1) is 13.7. The molecule has 29 heavy (non-hydrogen) atoms. The van der Waals surface area contributed by atoms with Crippen LogP contribution in [0.15, 0.2) is 36.8 Å². The number of nitrogens with one attached hydrogen (secondary N) is 1. The number of carbonyl (C=O) groups is 1. The average molecular weight is 458 g/mol. The molecule has 9 nitrogen and oxygen atoms in total. The van der Waals surface area contributed by atoms with Gasteiger partial charge >= 0.3 is 5.69 Å². The van der Waals surface area contributed by atoms with Crippen molar-refractivity contribution in [2.75, 3.05) is 5.32 Å². The molecule has 1 aromatic carbocycles. The van der Waals surface area contributed by atoms with Crippen molar-refractivity contribution >= 4 is 52.2 Å². The molecular formula is C17H15Cl3N6O3. The Hall–Kier alpha value is -2.62. The van der Waals surface area contributed by atoms with E-state index >= 15 is 0 Å². The molecule has 1 N–H and O–H groups in total. The van der Waals surface area contributed by atoms with E-state index in [9.17, 15) is 14.9 Å². The van der Waals surface area contributed by atoms with Crippen molar-refractivity contribution in [2.45, 2.75) is 20.0 Å². The van der Waals surface area contributed by atoms with Gasteiger partial charge in [-0.05, 0) is 17.7 Å². The Morgan fingerprint density at radius 2 is 2.00 bits per heavy atom.